The maximum atomic E-state index is 3.64. The number of hydrogen-bond donors (Lipinski definition) is 1. The zero-order valence-electron chi connectivity index (χ0n) is 13.2. The second kappa shape index (κ2) is 7.61. The molecule has 2 aliphatic rings. The van der Waals surface area contributed by atoms with Crippen LogP contribution in [-0.2, 0) is 0 Å². The fourth-order valence-corrected chi connectivity index (χ4v) is 3.75. The predicted octanol–water partition coefficient (Wildman–Crippen LogP) is 2.32. The van der Waals surface area contributed by atoms with Crippen molar-refractivity contribution < 1.29 is 0 Å². The maximum Gasteiger partial charge on any atom is 0.0224 e. The molecule has 0 aromatic carbocycles. The fraction of sp³-hybridized carbons (Fsp3) is 1.00. The standard InChI is InChI=1S/C16H33N3/c1-4-5-6-9-17-11-14(2)19-13-16-8-7-10-18(16)12-15(19)3/h14-17H,4-13H2,1-3H3. The average molecular weight is 267 g/mol. The van der Waals surface area contributed by atoms with Gasteiger partial charge in [0.15, 0.2) is 0 Å². The lowest BCUT2D eigenvalue weighted by Crippen LogP contribution is -2.59. The number of hydrogen-bond acceptors (Lipinski definition) is 3. The minimum absolute atomic E-state index is 0.680. The molecule has 0 spiro atoms. The molecule has 0 aromatic rings. The molecule has 3 heteroatoms. The highest BCUT2D eigenvalue weighted by Crippen LogP contribution is 2.25. The van der Waals surface area contributed by atoms with E-state index < -0.39 is 0 Å². The molecule has 2 fully saturated rings. The molecule has 2 saturated heterocycles. The smallest absolute Gasteiger partial charge is 0.0224 e. The summed E-state index contributed by atoms with van der Waals surface area (Å²) in [4.78, 5) is 5.45. The molecule has 0 bridgehead atoms. The molecular weight excluding hydrogens is 234 g/mol. The SMILES string of the molecule is CCCCCNCC(C)N1CC2CCCN2CC1C. The van der Waals surface area contributed by atoms with Crippen molar-refractivity contribution in [2.24, 2.45) is 0 Å². The molecule has 0 amide bonds. The van der Waals surface area contributed by atoms with E-state index in [0.717, 1.165) is 18.6 Å². The van der Waals surface area contributed by atoms with Gasteiger partial charge in [0.25, 0.3) is 0 Å². The van der Waals surface area contributed by atoms with Gasteiger partial charge in [-0.05, 0) is 46.2 Å². The normalized spacial score (nSPS) is 30.5. The zero-order chi connectivity index (χ0) is 13.7. The van der Waals surface area contributed by atoms with Crippen molar-refractivity contribution in [3.05, 3.63) is 0 Å². The minimum Gasteiger partial charge on any atom is -0.315 e. The van der Waals surface area contributed by atoms with Gasteiger partial charge in [0.05, 0.1) is 0 Å². The van der Waals surface area contributed by atoms with E-state index in [4.69, 9.17) is 0 Å². The Morgan fingerprint density at radius 1 is 1.26 bits per heavy atom. The summed E-state index contributed by atoms with van der Waals surface area (Å²) in [5, 5.41) is 3.64. The van der Waals surface area contributed by atoms with Crippen molar-refractivity contribution in [2.75, 3.05) is 32.7 Å². The van der Waals surface area contributed by atoms with E-state index in [-0.39, 0.29) is 0 Å². The van der Waals surface area contributed by atoms with Gasteiger partial charge in [-0.2, -0.15) is 0 Å². The third-order valence-electron chi connectivity index (χ3n) is 4.95. The Bertz CT molecular complexity index is 256. The molecule has 0 aromatic heterocycles. The molecule has 2 rings (SSSR count). The highest BCUT2D eigenvalue weighted by molar-refractivity contribution is 4.92. The van der Waals surface area contributed by atoms with Crippen LogP contribution in [0.15, 0.2) is 0 Å². The summed E-state index contributed by atoms with van der Waals surface area (Å²) in [6, 6.07) is 2.25. The molecule has 112 valence electrons. The first-order chi connectivity index (χ1) is 9.22. The van der Waals surface area contributed by atoms with Gasteiger partial charge in [-0.3, -0.25) is 9.80 Å². The van der Waals surface area contributed by atoms with Crippen molar-refractivity contribution in [3.8, 4) is 0 Å². The summed E-state index contributed by atoms with van der Waals surface area (Å²) < 4.78 is 0. The Morgan fingerprint density at radius 2 is 2.11 bits per heavy atom. The summed E-state index contributed by atoms with van der Waals surface area (Å²) in [6.45, 7) is 13.3. The summed E-state index contributed by atoms with van der Waals surface area (Å²) >= 11 is 0. The number of piperazine rings is 1. The third kappa shape index (κ3) is 4.17. The van der Waals surface area contributed by atoms with Crippen LogP contribution >= 0.6 is 0 Å². The van der Waals surface area contributed by atoms with Gasteiger partial charge >= 0.3 is 0 Å². The van der Waals surface area contributed by atoms with Gasteiger partial charge in [-0.15, -0.1) is 0 Å². The zero-order valence-corrected chi connectivity index (χ0v) is 13.2. The third-order valence-corrected chi connectivity index (χ3v) is 4.95. The van der Waals surface area contributed by atoms with Crippen LogP contribution in [0.4, 0.5) is 0 Å². The van der Waals surface area contributed by atoms with Crippen molar-refractivity contribution in [1.29, 1.82) is 0 Å². The van der Waals surface area contributed by atoms with E-state index in [2.05, 4.69) is 35.9 Å². The van der Waals surface area contributed by atoms with Gasteiger partial charge in [-0.25, -0.2) is 0 Å². The van der Waals surface area contributed by atoms with Gasteiger partial charge in [0.1, 0.15) is 0 Å². The molecule has 19 heavy (non-hydrogen) atoms. The summed E-state index contributed by atoms with van der Waals surface area (Å²) in [5.41, 5.74) is 0. The van der Waals surface area contributed by atoms with Crippen molar-refractivity contribution >= 4 is 0 Å². The molecule has 1 N–H and O–H groups in total. The van der Waals surface area contributed by atoms with Crippen molar-refractivity contribution in [1.82, 2.24) is 15.1 Å². The first kappa shape index (κ1) is 15.3. The van der Waals surface area contributed by atoms with Gasteiger partial charge in [-0.1, -0.05) is 19.8 Å². The average Bonchev–Trinajstić information content (AvgIpc) is 2.84. The summed E-state index contributed by atoms with van der Waals surface area (Å²) in [5.74, 6) is 0. The summed E-state index contributed by atoms with van der Waals surface area (Å²) in [6.07, 6.45) is 6.83. The van der Waals surface area contributed by atoms with E-state index >= 15 is 0 Å². The quantitative estimate of drug-likeness (QED) is 0.714. The van der Waals surface area contributed by atoms with E-state index in [1.165, 1.54) is 58.3 Å². The van der Waals surface area contributed by atoms with Crippen LogP contribution in [0.25, 0.3) is 0 Å². The predicted molar refractivity (Wildman–Crippen MR) is 82.6 cm³/mol. The number of fused-ring (bicyclic) bond motifs is 1. The molecule has 3 unspecified atom stereocenters. The number of unbranched alkanes of at least 4 members (excludes halogenated alkanes) is 2. The lowest BCUT2D eigenvalue weighted by atomic mass is 10.1. The van der Waals surface area contributed by atoms with E-state index in [0.29, 0.717) is 6.04 Å². The second-order valence-electron chi connectivity index (χ2n) is 6.60. The summed E-state index contributed by atoms with van der Waals surface area (Å²) in [7, 11) is 0. The Balaban J connectivity index is 1.70. The van der Waals surface area contributed by atoms with Crippen LogP contribution in [0.5, 0.6) is 0 Å². The van der Waals surface area contributed by atoms with E-state index in [9.17, 15) is 0 Å². The van der Waals surface area contributed by atoms with Crippen LogP contribution in [0, 0.1) is 0 Å². The topological polar surface area (TPSA) is 18.5 Å². The molecule has 0 radical (unpaired) electrons. The Morgan fingerprint density at radius 3 is 2.89 bits per heavy atom. The number of rotatable bonds is 7. The number of nitrogens with one attached hydrogen (secondary N) is 1. The molecule has 3 nitrogen and oxygen atoms in total. The highest BCUT2D eigenvalue weighted by atomic mass is 15.3. The van der Waals surface area contributed by atoms with Gasteiger partial charge in [0, 0.05) is 37.8 Å². The van der Waals surface area contributed by atoms with Crippen LogP contribution < -0.4 is 5.32 Å². The van der Waals surface area contributed by atoms with Crippen LogP contribution in [0.3, 0.4) is 0 Å². The van der Waals surface area contributed by atoms with Gasteiger partial charge in [0.2, 0.25) is 0 Å². The Kier molecular flexibility index (Phi) is 6.11. The molecule has 3 atom stereocenters. The monoisotopic (exact) mass is 267 g/mol. The largest absolute Gasteiger partial charge is 0.315 e. The van der Waals surface area contributed by atoms with Crippen LogP contribution in [0.1, 0.15) is 52.9 Å². The van der Waals surface area contributed by atoms with Gasteiger partial charge < -0.3 is 5.32 Å². The highest BCUT2D eigenvalue weighted by Gasteiger charge is 2.35. The molecule has 0 aliphatic carbocycles. The molecule has 2 heterocycles. The van der Waals surface area contributed by atoms with E-state index in [1.54, 1.807) is 0 Å². The van der Waals surface area contributed by atoms with Crippen LogP contribution in [0.2, 0.25) is 0 Å². The van der Waals surface area contributed by atoms with Crippen molar-refractivity contribution in [2.45, 2.75) is 71.0 Å². The number of nitrogens with zero attached hydrogens (tertiary/aromatic N) is 2. The maximum absolute atomic E-state index is 3.64. The molecular formula is C16H33N3. The first-order valence-electron chi connectivity index (χ1n) is 8.43. The van der Waals surface area contributed by atoms with E-state index in [1.807, 2.05) is 0 Å². The fourth-order valence-electron chi connectivity index (χ4n) is 3.75. The Hall–Kier alpha value is -0.120. The Labute approximate surface area is 119 Å². The molecule has 2 aliphatic heterocycles. The lowest BCUT2D eigenvalue weighted by Gasteiger charge is -2.45. The lowest BCUT2D eigenvalue weighted by molar-refractivity contribution is 0.0332. The first-order valence-corrected chi connectivity index (χ1v) is 8.43. The minimum atomic E-state index is 0.680. The van der Waals surface area contributed by atoms with Crippen LogP contribution in [-0.4, -0.2) is 60.6 Å². The van der Waals surface area contributed by atoms with Crippen molar-refractivity contribution in [3.63, 3.8) is 0 Å². The molecule has 0 saturated carbocycles. The second-order valence-corrected chi connectivity index (χ2v) is 6.60.